The quantitative estimate of drug-likeness (QED) is 0.572. The fraction of sp³-hybridized carbons (Fsp3) is 0.0526. The maximum atomic E-state index is 12.1. The summed E-state index contributed by atoms with van der Waals surface area (Å²) in [6, 6.07) is 20.1. The Morgan fingerprint density at radius 3 is 2.43 bits per heavy atom. The first kappa shape index (κ1) is 14.8. The number of carbonyl (C=O) groups excluding carboxylic acids is 1. The van der Waals surface area contributed by atoms with E-state index in [1.54, 1.807) is 12.1 Å². The summed E-state index contributed by atoms with van der Waals surface area (Å²) >= 11 is 0. The smallest absolute Gasteiger partial charge is 0.271 e. The molecule has 0 fully saturated rings. The summed E-state index contributed by atoms with van der Waals surface area (Å²) in [6.07, 6.45) is 0. The number of aromatic hydroxyl groups is 1. The van der Waals surface area contributed by atoms with E-state index in [4.69, 9.17) is 0 Å². The summed E-state index contributed by atoms with van der Waals surface area (Å²) in [6.45, 7) is 1.86. The molecule has 4 nitrogen and oxygen atoms in total. The summed E-state index contributed by atoms with van der Waals surface area (Å²) in [7, 11) is 0. The van der Waals surface area contributed by atoms with Gasteiger partial charge in [-0.3, -0.25) is 4.79 Å². The predicted octanol–water partition coefficient (Wildman–Crippen LogP) is 3.70. The molecule has 23 heavy (non-hydrogen) atoms. The molecule has 0 saturated heterocycles. The van der Waals surface area contributed by atoms with Crippen LogP contribution in [-0.2, 0) is 0 Å². The molecule has 0 heterocycles. The molecular weight excluding hydrogens is 288 g/mol. The Morgan fingerprint density at radius 1 is 0.957 bits per heavy atom. The van der Waals surface area contributed by atoms with Crippen LogP contribution in [-0.4, -0.2) is 16.7 Å². The molecule has 0 bridgehead atoms. The number of hydrogen-bond donors (Lipinski definition) is 2. The average Bonchev–Trinajstić information content (AvgIpc) is 2.59. The van der Waals surface area contributed by atoms with Crippen molar-refractivity contribution in [1.82, 2.24) is 5.43 Å². The van der Waals surface area contributed by atoms with Gasteiger partial charge in [0, 0.05) is 11.1 Å². The molecule has 0 aliphatic heterocycles. The second-order valence-corrected chi connectivity index (χ2v) is 5.21. The average molecular weight is 304 g/mol. The molecule has 4 heteroatoms. The maximum Gasteiger partial charge on any atom is 0.271 e. The van der Waals surface area contributed by atoms with Crippen molar-refractivity contribution in [1.29, 1.82) is 0 Å². The van der Waals surface area contributed by atoms with Crippen molar-refractivity contribution >= 4 is 22.4 Å². The molecule has 3 aromatic carbocycles. The molecule has 0 aromatic heterocycles. The van der Waals surface area contributed by atoms with Gasteiger partial charge in [0.05, 0.1) is 5.71 Å². The van der Waals surface area contributed by atoms with E-state index in [2.05, 4.69) is 10.5 Å². The first-order valence-electron chi connectivity index (χ1n) is 7.27. The normalized spacial score (nSPS) is 11.4. The molecule has 0 radical (unpaired) electrons. The second-order valence-electron chi connectivity index (χ2n) is 5.21. The fourth-order valence-corrected chi connectivity index (χ4v) is 2.41. The van der Waals surface area contributed by atoms with Crippen molar-refractivity contribution in [3.63, 3.8) is 0 Å². The number of carbonyl (C=O) groups is 1. The zero-order chi connectivity index (χ0) is 16.2. The van der Waals surface area contributed by atoms with Gasteiger partial charge < -0.3 is 5.11 Å². The minimum atomic E-state index is -0.315. The zero-order valence-electron chi connectivity index (χ0n) is 12.7. The van der Waals surface area contributed by atoms with Crippen LogP contribution in [0.25, 0.3) is 10.8 Å². The Balaban J connectivity index is 1.84. The number of phenolic OH excluding ortho intramolecular Hbond substituents is 1. The highest BCUT2D eigenvalue weighted by Gasteiger charge is 2.06. The number of nitrogens with one attached hydrogen (secondary N) is 1. The molecule has 0 saturated carbocycles. The Morgan fingerprint density at radius 2 is 1.65 bits per heavy atom. The van der Waals surface area contributed by atoms with Gasteiger partial charge in [-0.25, -0.2) is 5.43 Å². The van der Waals surface area contributed by atoms with Crippen LogP contribution in [0.3, 0.4) is 0 Å². The highest BCUT2D eigenvalue weighted by atomic mass is 16.3. The van der Waals surface area contributed by atoms with Crippen molar-refractivity contribution < 1.29 is 9.90 Å². The van der Waals surface area contributed by atoms with Crippen molar-refractivity contribution in [2.75, 3.05) is 0 Å². The third-order valence-electron chi connectivity index (χ3n) is 3.63. The summed E-state index contributed by atoms with van der Waals surface area (Å²) in [5, 5.41) is 15.7. The summed E-state index contributed by atoms with van der Waals surface area (Å²) < 4.78 is 0. The number of benzene rings is 3. The topological polar surface area (TPSA) is 61.7 Å². The lowest BCUT2D eigenvalue weighted by Crippen LogP contribution is -2.19. The van der Waals surface area contributed by atoms with E-state index in [9.17, 15) is 9.90 Å². The Hall–Kier alpha value is -3.14. The van der Waals surface area contributed by atoms with Gasteiger partial charge in [0.25, 0.3) is 5.91 Å². The van der Waals surface area contributed by atoms with Crippen molar-refractivity contribution in [3.05, 3.63) is 77.9 Å². The standard InChI is InChI=1S/C19H16N2O2/c1-13(17-8-4-6-14-5-2-3-7-18(14)17)20-21-19(23)15-9-11-16(22)12-10-15/h2-12,22H,1H3,(H,21,23). The van der Waals surface area contributed by atoms with Gasteiger partial charge in [0.2, 0.25) is 0 Å². The van der Waals surface area contributed by atoms with E-state index in [0.29, 0.717) is 5.56 Å². The number of fused-ring (bicyclic) bond motifs is 1. The van der Waals surface area contributed by atoms with E-state index in [0.717, 1.165) is 22.0 Å². The number of phenols is 1. The van der Waals surface area contributed by atoms with E-state index < -0.39 is 0 Å². The maximum absolute atomic E-state index is 12.1. The summed E-state index contributed by atoms with van der Waals surface area (Å²) in [4.78, 5) is 12.1. The Kier molecular flexibility index (Phi) is 4.06. The van der Waals surface area contributed by atoms with Crippen molar-refractivity contribution in [3.8, 4) is 5.75 Å². The third kappa shape index (κ3) is 3.21. The summed E-state index contributed by atoms with van der Waals surface area (Å²) in [5.74, 6) is -0.193. The first-order valence-corrected chi connectivity index (χ1v) is 7.27. The van der Waals surface area contributed by atoms with Gasteiger partial charge in [-0.05, 0) is 42.0 Å². The zero-order valence-corrected chi connectivity index (χ0v) is 12.7. The van der Waals surface area contributed by atoms with Gasteiger partial charge in [0.15, 0.2) is 0 Å². The minimum absolute atomic E-state index is 0.122. The molecule has 0 spiro atoms. The van der Waals surface area contributed by atoms with Crippen LogP contribution in [0.5, 0.6) is 5.75 Å². The van der Waals surface area contributed by atoms with E-state index in [-0.39, 0.29) is 11.7 Å². The molecular formula is C19H16N2O2. The van der Waals surface area contributed by atoms with E-state index in [1.165, 1.54) is 12.1 Å². The minimum Gasteiger partial charge on any atom is -0.508 e. The number of rotatable bonds is 3. The van der Waals surface area contributed by atoms with Gasteiger partial charge >= 0.3 is 0 Å². The van der Waals surface area contributed by atoms with Gasteiger partial charge in [-0.1, -0.05) is 42.5 Å². The van der Waals surface area contributed by atoms with Crippen LogP contribution in [0.1, 0.15) is 22.8 Å². The molecule has 0 atom stereocenters. The summed E-state index contributed by atoms with van der Waals surface area (Å²) in [5.41, 5.74) is 4.70. The number of amides is 1. The van der Waals surface area contributed by atoms with Crippen molar-refractivity contribution in [2.24, 2.45) is 5.10 Å². The Bertz CT molecular complexity index is 878. The monoisotopic (exact) mass is 304 g/mol. The van der Waals surface area contributed by atoms with Crippen LogP contribution in [0.15, 0.2) is 71.8 Å². The highest BCUT2D eigenvalue weighted by Crippen LogP contribution is 2.19. The van der Waals surface area contributed by atoms with Crippen LogP contribution in [0, 0.1) is 0 Å². The van der Waals surface area contributed by atoms with Crippen LogP contribution >= 0.6 is 0 Å². The van der Waals surface area contributed by atoms with Crippen LogP contribution in [0.2, 0.25) is 0 Å². The second kappa shape index (κ2) is 6.32. The molecule has 2 N–H and O–H groups in total. The van der Waals surface area contributed by atoms with Crippen LogP contribution < -0.4 is 5.43 Å². The van der Waals surface area contributed by atoms with Crippen molar-refractivity contribution in [2.45, 2.75) is 6.92 Å². The largest absolute Gasteiger partial charge is 0.508 e. The van der Waals surface area contributed by atoms with Gasteiger partial charge in [-0.2, -0.15) is 5.10 Å². The van der Waals surface area contributed by atoms with Gasteiger partial charge in [-0.15, -0.1) is 0 Å². The molecule has 114 valence electrons. The molecule has 1 amide bonds. The predicted molar refractivity (Wildman–Crippen MR) is 91.7 cm³/mol. The molecule has 0 unspecified atom stereocenters. The Labute approximate surface area is 134 Å². The first-order chi connectivity index (χ1) is 11.1. The van der Waals surface area contributed by atoms with Crippen LogP contribution in [0.4, 0.5) is 0 Å². The lowest BCUT2D eigenvalue weighted by Gasteiger charge is -2.07. The van der Waals surface area contributed by atoms with Gasteiger partial charge in [0.1, 0.15) is 5.75 Å². The third-order valence-corrected chi connectivity index (χ3v) is 3.63. The number of hydrogen-bond acceptors (Lipinski definition) is 3. The molecule has 0 aliphatic rings. The lowest BCUT2D eigenvalue weighted by atomic mass is 10.0. The van der Waals surface area contributed by atoms with E-state index in [1.807, 2.05) is 49.4 Å². The van der Waals surface area contributed by atoms with E-state index >= 15 is 0 Å². The number of hydrazone groups is 1. The molecule has 3 rings (SSSR count). The SMILES string of the molecule is CC(=NNC(=O)c1ccc(O)cc1)c1cccc2ccccc12. The lowest BCUT2D eigenvalue weighted by molar-refractivity contribution is 0.0955. The highest BCUT2D eigenvalue weighted by molar-refractivity contribution is 6.10. The molecule has 0 aliphatic carbocycles. The molecule has 3 aromatic rings. The fourth-order valence-electron chi connectivity index (χ4n) is 2.41. The number of nitrogens with zero attached hydrogens (tertiary/aromatic N) is 1.